The van der Waals surface area contributed by atoms with Crippen molar-refractivity contribution < 1.29 is 43.0 Å². The van der Waals surface area contributed by atoms with Crippen molar-refractivity contribution in [3.8, 4) is 11.4 Å². The maximum atomic E-state index is 14.1. The molecule has 18 nitrogen and oxygen atoms in total. The molecule has 2 aromatic heterocycles. The van der Waals surface area contributed by atoms with Crippen LogP contribution < -0.4 is 38.3 Å². The number of carbonyl (C=O) groups excluding carboxylic acids is 6. The number of nitrogens with zero attached hydrogens (tertiary/aromatic N) is 2. The molecule has 1 saturated carbocycles. The number of carbonyl (C=O) groups is 6. The first-order chi connectivity index (χ1) is 32.0. The predicted octanol–water partition coefficient (Wildman–Crippen LogP) is 5.52. The Morgan fingerprint density at radius 3 is 2.43 bits per heavy atom. The van der Waals surface area contributed by atoms with Gasteiger partial charge >= 0.3 is 24.1 Å². The molecule has 0 bridgehead atoms. The topological polar surface area (TPSA) is 265 Å². The van der Waals surface area contributed by atoms with Gasteiger partial charge in [0.15, 0.2) is 0 Å². The summed E-state index contributed by atoms with van der Waals surface area (Å²) in [4.78, 5) is 97.1. The Kier molecular flexibility index (Phi) is 15.0. The minimum Gasteiger partial charge on any atom is -0.457 e. The maximum absolute atomic E-state index is 14.1. The van der Waals surface area contributed by atoms with Gasteiger partial charge in [0.2, 0.25) is 17.4 Å². The lowest BCUT2D eigenvalue weighted by atomic mass is 9.71. The molecule has 3 unspecified atom stereocenters. The zero-order valence-corrected chi connectivity index (χ0v) is 39.4. The summed E-state index contributed by atoms with van der Waals surface area (Å²) < 4.78 is 19.8. The number of aromatic nitrogens is 2. The number of alkyl carbamates (subject to hydrolysis) is 1. The van der Waals surface area contributed by atoms with E-state index in [0.717, 1.165) is 40.2 Å². The zero-order chi connectivity index (χ0) is 48.0. The minimum atomic E-state index is -1.87. The second kappa shape index (κ2) is 20.7. The van der Waals surface area contributed by atoms with Gasteiger partial charge in [0.05, 0.1) is 41.5 Å². The Hall–Kier alpha value is -6.34. The number of ether oxygens (including phenoxy) is 3. The van der Waals surface area contributed by atoms with Crippen LogP contribution in [0.1, 0.15) is 101 Å². The Labute approximate surface area is 395 Å². The Balaban J connectivity index is 0.977. The number of primary amides is 1. The number of esters is 2. The average molecular weight is 986 g/mol. The number of urea groups is 1. The van der Waals surface area contributed by atoms with Crippen LogP contribution in [0.25, 0.3) is 22.3 Å². The molecule has 3 atom stereocenters. The van der Waals surface area contributed by atoms with Crippen LogP contribution in [0, 0.1) is 11.3 Å². The molecule has 1 aliphatic carbocycles. The van der Waals surface area contributed by atoms with Crippen molar-refractivity contribution in [2.75, 3.05) is 18.4 Å². The maximum Gasteiger partial charge on any atom is 0.407 e. The van der Waals surface area contributed by atoms with Crippen LogP contribution in [0.5, 0.6) is 0 Å². The fourth-order valence-corrected chi connectivity index (χ4v) is 9.58. The van der Waals surface area contributed by atoms with Crippen LogP contribution in [0.15, 0.2) is 63.9 Å². The zero-order valence-electron chi connectivity index (χ0n) is 37.8. The molecule has 67 heavy (non-hydrogen) atoms. The third-order valence-electron chi connectivity index (χ3n) is 13.0. The van der Waals surface area contributed by atoms with E-state index < -0.39 is 59.0 Å². The highest BCUT2D eigenvalue weighted by Crippen LogP contribution is 2.44. The summed E-state index contributed by atoms with van der Waals surface area (Å²) >= 11 is 3.60. The van der Waals surface area contributed by atoms with Gasteiger partial charge in [0.1, 0.15) is 19.3 Å². The SMILES string of the molecule is CCC1(OC(=O)CC2(CNC(=O)OCc3ccc(NC(=O)C(CCCNC(N)=O)NC(=O)C(N)C(C)C)cc3)CCCCC2)C(=O)OCc2c1cc1n(c2=O)Cc2cc3c(Br)cccc3nc2-1. The molecular weight excluding hydrogens is 928 g/mol. The Morgan fingerprint density at radius 2 is 1.73 bits per heavy atom. The Morgan fingerprint density at radius 1 is 0.985 bits per heavy atom. The van der Waals surface area contributed by atoms with Crippen LogP contribution in [-0.4, -0.2) is 70.6 Å². The quantitative estimate of drug-likeness (QED) is 0.0383. The van der Waals surface area contributed by atoms with Crippen molar-refractivity contribution >= 4 is 68.4 Å². The average Bonchev–Trinajstić information content (AvgIpc) is 3.67. The first kappa shape index (κ1) is 48.6. The van der Waals surface area contributed by atoms with Gasteiger partial charge in [0, 0.05) is 39.8 Å². The number of nitrogens with two attached hydrogens (primary N) is 2. The molecule has 0 radical (unpaired) electrons. The molecule has 2 aromatic carbocycles. The standard InChI is InChI=1S/C48H57BrN8O10/c1-4-48(33-21-37-40-29(20-31-34(49)10-8-11-35(31)55-40)23-57(37)43(61)32(33)25-65-44(48)62)67-38(58)22-47(17-6-5-7-18-47)26-53-46(64)66-24-28-13-15-30(16-14-28)54-41(59)36(12-9-19-52-45(51)63)56-42(60)39(50)27(2)3/h8,10-11,13-16,20-21,27,36,39H,4-7,9,12,17-19,22-26,50H2,1-3H3,(H,53,64)(H,54,59)(H,56,60)(H3,51,52,63). The first-order valence-corrected chi connectivity index (χ1v) is 23.5. The molecule has 1 fully saturated rings. The van der Waals surface area contributed by atoms with E-state index in [-0.39, 0.29) is 62.6 Å². The summed E-state index contributed by atoms with van der Waals surface area (Å²) in [6, 6.07) is 13.6. The van der Waals surface area contributed by atoms with E-state index in [9.17, 15) is 33.6 Å². The third kappa shape index (κ3) is 10.8. The Bertz CT molecular complexity index is 2630. The van der Waals surface area contributed by atoms with Crippen LogP contribution in [0.4, 0.5) is 15.3 Å². The minimum absolute atomic E-state index is 0.0211. The fraction of sp³-hybridized carbons (Fsp3) is 0.458. The van der Waals surface area contributed by atoms with Gasteiger partial charge in [-0.3, -0.25) is 19.2 Å². The monoisotopic (exact) mass is 984 g/mol. The number of fused-ring (bicyclic) bond motifs is 5. The summed E-state index contributed by atoms with van der Waals surface area (Å²) in [5.74, 6) is -2.52. The number of hydrogen-bond acceptors (Lipinski definition) is 12. The number of amides is 5. The number of pyridine rings is 2. The van der Waals surface area contributed by atoms with E-state index >= 15 is 0 Å². The van der Waals surface area contributed by atoms with E-state index in [2.05, 4.69) is 37.2 Å². The van der Waals surface area contributed by atoms with Gasteiger partial charge in [-0.05, 0) is 85.4 Å². The van der Waals surface area contributed by atoms with E-state index in [1.165, 1.54) is 0 Å². The third-order valence-corrected chi connectivity index (χ3v) is 13.7. The van der Waals surface area contributed by atoms with Gasteiger partial charge in [-0.15, -0.1) is 0 Å². The van der Waals surface area contributed by atoms with E-state index in [0.29, 0.717) is 54.0 Å². The van der Waals surface area contributed by atoms with Crippen LogP contribution in [-0.2, 0) is 58.7 Å². The highest BCUT2D eigenvalue weighted by atomic mass is 79.9. The van der Waals surface area contributed by atoms with Gasteiger partial charge in [0.25, 0.3) is 5.56 Å². The van der Waals surface area contributed by atoms with Crippen LogP contribution in [0.3, 0.4) is 0 Å². The van der Waals surface area contributed by atoms with Gasteiger partial charge in [-0.25, -0.2) is 19.4 Å². The second-order valence-corrected chi connectivity index (χ2v) is 18.8. The van der Waals surface area contributed by atoms with Crippen LogP contribution in [0.2, 0.25) is 0 Å². The van der Waals surface area contributed by atoms with Gasteiger partial charge < -0.3 is 51.5 Å². The summed E-state index contributed by atoms with van der Waals surface area (Å²) in [5, 5.41) is 11.7. The molecule has 19 heteroatoms. The molecule has 3 aliphatic rings. The van der Waals surface area contributed by atoms with Crippen molar-refractivity contribution in [1.82, 2.24) is 25.5 Å². The number of rotatable bonds is 17. The number of cyclic esters (lactones) is 1. The van der Waals surface area contributed by atoms with Crippen molar-refractivity contribution in [2.24, 2.45) is 22.8 Å². The number of anilines is 1. The molecule has 0 spiro atoms. The van der Waals surface area contributed by atoms with Gasteiger partial charge in [-0.1, -0.05) is 74.2 Å². The molecule has 7 rings (SSSR count). The molecular formula is C48H57BrN8O10. The molecule has 4 aromatic rings. The van der Waals surface area contributed by atoms with Crippen LogP contribution >= 0.6 is 15.9 Å². The molecule has 8 N–H and O–H groups in total. The number of halogens is 1. The molecule has 5 amide bonds. The van der Waals surface area contributed by atoms with E-state index in [1.807, 2.05) is 24.3 Å². The summed E-state index contributed by atoms with van der Waals surface area (Å²) in [7, 11) is 0. The largest absolute Gasteiger partial charge is 0.457 e. The summed E-state index contributed by atoms with van der Waals surface area (Å²) in [5.41, 5.74) is 12.6. The van der Waals surface area contributed by atoms with Gasteiger partial charge in [-0.2, -0.15) is 0 Å². The lowest BCUT2D eigenvalue weighted by molar-refractivity contribution is -0.191. The second-order valence-electron chi connectivity index (χ2n) is 18.0. The predicted molar refractivity (Wildman–Crippen MR) is 251 cm³/mol. The normalized spacial score (nSPS) is 17.8. The number of nitrogens with one attached hydrogen (secondary N) is 4. The number of benzene rings is 2. The summed E-state index contributed by atoms with van der Waals surface area (Å²) in [6.45, 7) is 5.58. The van der Waals surface area contributed by atoms with Crippen molar-refractivity contribution in [1.29, 1.82) is 0 Å². The lowest BCUT2D eigenvalue weighted by Gasteiger charge is -2.39. The first-order valence-electron chi connectivity index (χ1n) is 22.7. The molecule has 356 valence electrons. The molecule has 0 saturated heterocycles. The summed E-state index contributed by atoms with van der Waals surface area (Å²) in [6.07, 6.45) is 3.65. The van der Waals surface area contributed by atoms with Crippen molar-refractivity contribution in [3.05, 3.63) is 91.7 Å². The highest BCUT2D eigenvalue weighted by Gasteiger charge is 2.51. The lowest BCUT2D eigenvalue weighted by Crippen LogP contribution is -2.51. The highest BCUT2D eigenvalue weighted by molar-refractivity contribution is 9.10. The van der Waals surface area contributed by atoms with E-state index in [1.54, 1.807) is 55.7 Å². The smallest absolute Gasteiger partial charge is 0.407 e. The number of hydrogen-bond donors (Lipinski definition) is 6. The molecule has 2 aliphatic heterocycles. The molecule has 4 heterocycles. The van der Waals surface area contributed by atoms with Crippen molar-refractivity contribution in [2.45, 2.75) is 116 Å². The van der Waals surface area contributed by atoms with E-state index in [4.69, 9.17) is 30.7 Å². The van der Waals surface area contributed by atoms with Crippen molar-refractivity contribution in [3.63, 3.8) is 0 Å². The fourth-order valence-electron chi connectivity index (χ4n) is 9.11.